The van der Waals surface area contributed by atoms with Crippen LogP contribution in [0.4, 0.5) is 5.69 Å². The molecule has 0 fully saturated rings. The van der Waals surface area contributed by atoms with Crippen LogP contribution in [0, 0.1) is 6.92 Å². The van der Waals surface area contributed by atoms with E-state index in [1.165, 1.54) is 0 Å². The molecule has 5 nitrogen and oxygen atoms in total. The van der Waals surface area contributed by atoms with Gasteiger partial charge in [-0.2, -0.15) is 0 Å². The fourth-order valence-electron chi connectivity index (χ4n) is 2.44. The van der Waals surface area contributed by atoms with Crippen LogP contribution in [0.1, 0.15) is 17.8 Å². The number of methoxy groups -OCH3 is 1. The number of benzene rings is 2. The van der Waals surface area contributed by atoms with Gasteiger partial charge in [0.05, 0.1) is 28.9 Å². The van der Waals surface area contributed by atoms with E-state index in [4.69, 9.17) is 9.47 Å². The molecule has 0 aliphatic heterocycles. The van der Waals surface area contributed by atoms with Gasteiger partial charge in [-0.3, -0.25) is 4.79 Å². The largest absolute Gasteiger partial charge is 0.497 e. The summed E-state index contributed by atoms with van der Waals surface area (Å²) in [6, 6.07) is 13.2. The Morgan fingerprint density at radius 2 is 1.92 bits per heavy atom. The number of carbonyl (C=O) groups excluding carboxylic acids is 1. The van der Waals surface area contributed by atoms with Crippen LogP contribution in [-0.2, 0) is 4.79 Å². The van der Waals surface area contributed by atoms with E-state index in [1.807, 2.05) is 49.4 Å². The third-order valence-electron chi connectivity index (χ3n) is 3.66. The number of rotatable bonds is 7. The summed E-state index contributed by atoms with van der Waals surface area (Å²) in [5.74, 6) is 1.55. The zero-order chi connectivity index (χ0) is 17.6. The van der Waals surface area contributed by atoms with Crippen molar-refractivity contribution in [3.8, 4) is 11.5 Å². The number of aryl methyl sites for hydroxylation is 1. The summed E-state index contributed by atoms with van der Waals surface area (Å²) in [5, 5.41) is 3.95. The first-order chi connectivity index (χ1) is 12.1. The highest BCUT2D eigenvalue weighted by Crippen LogP contribution is 2.24. The third kappa shape index (κ3) is 4.70. The Bertz CT molecular complexity index is 859. The van der Waals surface area contributed by atoms with Crippen molar-refractivity contribution in [3.05, 3.63) is 47.5 Å². The molecule has 130 valence electrons. The zero-order valence-corrected chi connectivity index (χ0v) is 15.1. The molecule has 0 radical (unpaired) electrons. The molecule has 0 aliphatic carbocycles. The van der Waals surface area contributed by atoms with Crippen molar-refractivity contribution in [1.82, 2.24) is 4.98 Å². The average Bonchev–Trinajstić information content (AvgIpc) is 2.98. The number of thiazole rings is 1. The number of hydrogen-bond donors (Lipinski definition) is 1. The van der Waals surface area contributed by atoms with Crippen molar-refractivity contribution in [1.29, 1.82) is 0 Å². The van der Waals surface area contributed by atoms with Crippen molar-refractivity contribution in [2.24, 2.45) is 0 Å². The predicted octanol–water partition coefficient (Wildman–Crippen LogP) is 4.41. The Morgan fingerprint density at radius 3 is 2.68 bits per heavy atom. The van der Waals surface area contributed by atoms with Crippen molar-refractivity contribution in [2.75, 3.05) is 19.0 Å². The standard InChI is InChI=1S/C19H20N2O3S/c1-13-20-17-10-5-14(12-18(17)25-13)21-19(22)4-3-11-24-16-8-6-15(23-2)7-9-16/h5-10,12H,3-4,11H2,1-2H3,(H,21,22). The van der Waals surface area contributed by atoms with E-state index in [-0.39, 0.29) is 5.91 Å². The topological polar surface area (TPSA) is 60.5 Å². The Balaban J connectivity index is 1.43. The van der Waals surface area contributed by atoms with Gasteiger partial charge < -0.3 is 14.8 Å². The highest BCUT2D eigenvalue weighted by molar-refractivity contribution is 7.18. The molecule has 0 saturated carbocycles. The maximum Gasteiger partial charge on any atom is 0.224 e. The minimum atomic E-state index is -0.0149. The van der Waals surface area contributed by atoms with E-state index in [2.05, 4.69) is 10.3 Å². The summed E-state index contributed by atoms with van der Waals surface area (Å²) in [5.41, 5.74) is 1.77. The smallest absolute Gasteiger partial charge is 0.224 e. The summed E-state index contributed by atoms with van der Waals surface area (Å²) in [4.78, 5) is 16.5. The molecule has 1 N–H and O–H groups in total. The zero-order valence-electron chi connectivity index (χ0n) is 14.2. The van der Waals surface area contributed by atoms with Gasteiger partial charge in [0.15, 0.2) is 0 Å². The van der Waals surface area contributed by atoms with Gasteiger partial charge in [0, 0.05) is 12.1 Å². The maximum atomic E-state index is 12.1. The Hall–Kier alpha value is -2.60. The Kier molecular flexibility index (Phi) is 5.50. The first kappa shape index (κ1) is 17.2. The van der Waals surface area contributed by atoms with Crippen LogP contribution in [0.15, 0.2) is 42.5 Å². The SMILES string of the molecule is COc1ccc(OCCCC(=O)Nc2ccc3nc(C)sc3c2)cc1. The number of amides is 1. The van der Waals surface area contributed by atoms with Crippen LogP contribution in [-0.4, -0.2) is 24.6 Å². The van der Waals surface area contributed by atoms with Crippen LogP contribution in [0.2, 0.25) is 0 Å². The van der Waals surface area contributed by atoms with Gasteiger partial charge in [-0.1, -0.05) is 0 Å². The van der Waals surface area contributed by atoms with E-state index in [0.29, 0.717) is 19.4 Å². The number of hydrogen-bond acceptors (Lipinski definition) is 5. The van der Waals surface area contributed by atoms with E-state index in [9.17, 15) is 4.79 Å². The minimum absolute atomic E-state index is 0.0149. The first-order valence-electron chi connectivity index (χ1n) is 8.08. The monoisotopic (exact) mass is 356 g/mol. The van der Waals surface area contributed by atoms with Gasteiger partial charge in [-0.25, -0.2) is 4.98 Å². The van der Waals surface area contributed by atoms with Crippen molar-refractivity contribution >= 4 is 33.1 Å². The molecule has 0 unspecified atom stereocenters. The van der Waals surface area contributed by atoms with E-state index in [0.717, 1.165) is 32.4 Å². The number of nitrogens with zero attached hydrogens (tertiary/aromatic N) is 1. The number of ether oxygens (including phenoxy) is 2. The van der Waals surface area contributed by atoms with Gasteiger partial charge >= 0.3 is 0 Å². The lowest BCUT2D eigenvalue weighted by molar-refractivity contribution is -0.116. The molecular formula is C19H20N2O3S. The average molecular weight is 356 g/mol. The fourth-order valence-corrected chi connectivity index (χ4v) is 3.30. The van der Waals surface area contributed by atoms with E-state index >= 15 is 0 Å². The van der Waals surface area contributed by atoms with Gasteiger partial charge in [-0.15, -0.1) is 11.3 Å². The van der Waals surface area contributed by atoms with Crippen LogP contribution in [0.5, 0.6) is 11.5 Å². The second kappa shape index (κ2) is 7.98. The first-order valence-corrected chi connectivity index (χ1v) is 8.89. The molecule has 1 aromatic heterocycles. The lowest BCUT2D eigenvalue weighted by atomic mass is 10.2. The van der Waals surface area contributed by atoms with Gasteiger partial charge in [-0.05, 0) is 55.8 Å². The fraction of sp³-hybridized carbons (Fsp3) is 0.263. The molecule has 3 aromatic rings. The van der Waals surface area contributed by atoms with Crippen molar-refractivity contribution in [3.63, 3.8) is 0 Å². The van der Waals surface area contributed by atoms with Crippen LogP contribution >= 0.6 is 11.3 Å². The summed E-state index contributed by atoms with van der Waals surface area (Å²) in [6.45, 7) is 2.47. The summed E-state index contributed by atoms with van der Waals surface area (Å²) < 4.78 is 11.8. The number of anilines is 1. The normalized spacial score (nSPS) is 10.6. The molecule has 1 heterocycles. The van der Waals surface area contributed by atoms with Crippen LogP contribution < -0.4 is 14.8 Å². The highest BCUT2D eigenvalue weighted by atomic mass is 32.1. The molecular weight excluding hydrogens is 336 g/mol. The number of fused-ring (bicyclic) bond motifs is 1. The Morgan fingerprint density at radius 1 is 1.16 bits per heavy atom. The number of nitrogens with one attached hydrogen (secondary N) is 1. The van der Waals surface area contributed by atoms with Gasteiger partial charge in [0.25, 0.3) is 0 Å². The lowest BCUT2D eigenvalue weighted by Gasteiger charge is -2.08. The number of carbonyl (C=O) groups is 1. The molecule has 3 rings (SSSR count). The molecule has 6 heteroatoms. The number of aromatic nitrogens is 1. The summed E-state index contributed by atoms with van der Waals surface area (Å²) in [7, 11) is 1.63. The molecule has 0 bridgehead atoms. The second-order valence-corrected chi connectivity index (χ2v) is 6.83. The highest BCUT2D eigenvalue weighted by Gasteiger charge is 2.06. The predicted molar refractivity (Wildman–Crippen MR) is 101 cm³/mol. The quantitative estimate of drug-likeness (QED) is 0.637. The summed E-state index contributed by atoms with van der Waals surface area (Å²) >= 11 is 1.62. The molecule has 1 amide bonds. The molecule has 0 atom stereocenters. The van der Waals surface area contributed by atoms with Gasteiger partial charge in [0.1, 0.15) is 11.5 Å². The van der Waals surface area contributed by atoms with E-state index < -0.39 is 0 Å². The third-order valence-corrected chi connectivity index (χ3v) is 4.59. The Labute approximate surface area is 150 Å². The summed E-state index contributed by atoms with van der Waals surface area (Å²) in [6.07, 6.45) is 1.07. The second-order valence-electron chi connectivity index (χ2n) is 5.59. The molecule has 0 saturated heterocycles. The molecule has 0 aliphatic rings. The van der Waals surface area contributed by atoms with Crippen LogP contribution in [0.25, 0.3) is 10.2 Å². The van der Waals surface area contributed by atoms with E-state index in [1.54, 1.807) is 18.4 Å². The maximum absolute atomic E-state index is 12.1. The molecule has 25 heavy (non-hydrogen) atoms. The van der Waals surface area contributed by atoms with Gasteiger partial charge in [0.2, 0.25) is 5.91 Å². The lowest BCUT2D eigenvalue weighted by Crippen LogP contribution is -2.12. The van der Waals surface area contributed by atoms with Crippen molar-refractivity contribution in [2.45, 2.75) is 19.8 Å². The molecule has 2 aromatic carbocycles. The molecule has 0 spiro atoms. The minimum Gasteiger partial charge on any atom is -0.497 e. The van der Waals surface area contributed by atoms with Crippen LogP contribution in [0.3, 0.4) is 0 Å². The van der Waals surface area contributed by atoms with Crippen molar-refractivity contribution < 1.29 is 14.3 Å².